The number of aryl methyl sites for hydroxylation is 1. The zero-order chi connectivity index (χ0) is 31.4. The summed E-state index contributed by atoms with van der Waals surface area (Å²) in [6.07, 6.45) is 3.27. The lowest BCUT2D eigenvalue weighted by Gasteiger charge is -2.23. The van der Waals surface area contributed by atoms with E-state index in [-0.39, 0.29) is 11.1 Å². The summed E-state index contributed by atoms with van der Waals surface area (Å²) in [6.45, 7) is 7.12. The van der Waals surface area contributed by atoms with Crippen molar-refractivity contribution >= 4 is 55.2 Å². The minimum Gasteiger partial charge on any atom is -0.490 e. The predicted molar refractivity (Wildman–Crippen MR) is 177 cm³/mol. The van der Waals surface area contributed by atoms with E-state index in [0.717, 1.165) is 20.1 Å². The topological polar surface area (TPSA) is 88.4 Å². The molecular formula is C33H30Br2N2O6S. The van der Waals surface area contributed by atoms with Gasteiger partial charge in [0.2, 0.25) is 0 Å². The number of rotatable bonds is 10. The number of carbonyl (C=O) groups is 1. The van der Waals surface area contributed by atoms with Gasteiger partial charge in [-0.25, -0.2) is 9.79 Å². The lowest BCUT2D eigenvalue weighted by molar-refractivity contribution is -0.136. The highest BCUT2D eigenvalue weighted by Gasteiger charge is 2.31. The number of fused-ring (bicyclic) bond motifs is 1. The molecule has 0 aliphatic carbocycles. The molecule has 0 unspecified atom stereocenters. The van der Waals surface area contributed by atoms with Crippen molar-refractivity contribution in [3.63, 3.8) is 0 Å². The van der Waals surface area contributed by atoms with Gasteiger partial charge >= 0.3 is 5.97 Å². The minimum absolute atomic E-state index is 0.235. The van der Waals surface area contributed by atoms with Crippen molar-refractivity contribution in [1.82, 2.24) is 4.57 Å². The Labute approximate surface area is 275 Å². The van der Waals surface area contributed by atoms with Crippen LogP contribution in [0.5, 0.6) is 17.2 Å². The average Bonchev–Trinajstić information content (AvgIpc) is 3.32. The van der Waals surface area contributed by atoms with Gasteiger partial charge in [-0.3, -0.25) is 9.36 Å². The molecule has 2 heterocycles. The molecule has 0 spiro atoms. The van der Waals surface area contributed by atoms with E-state index < -0.39 is 12.0 Å². The predicted octanol–water partition coefficient (Wildman–Crippen LogP) is 6.23. The highest BCUT2D eigenvalue weighted by atomic mass is 79.9. The summed E-state index contributed by atoms with van der Waals surface area (Å²) in [5, 5.41) is 0. The third-order valence-corrected chi connectivity index (χ3v) is 9.01. The van der Waals surface area contributed by atoms with E-state index in [1.807, 2.05) is 63.2 Å². The SMILES string of the molecule is CCOc1ccc([C@H]2C(C(=O)OC)=CN=c3s/c(=C\c4cc(Br)c(OCc5ccc(C)cc5)c(Br)c4)c(=O)n32)cc1OCC. The Morgan fingerprint density at radius 3 is 2.32 bits per heavy atom. The van der Waals surface area contributed by atoms with E-state index in [1.165, 1.54) is 34.8 Å². The largest absolute Gasteiger partial charge is 0.490 e. The first-order valence-corrected chi connectivity index (χ1v) is 16.3. The van der Waals surface area contributed by atoms with Gasteiger partial charge in [-0.15, -0.1) is 0 Å². The van der Waals surface area contributed by atoms with E-state index in [9.17, 15) is 9.59 Å². The number of halogens is 2. The molecular weight excluding hydrogens is 712 g/mol. The molecule has 0 saturated heterocycles. The van der Waals surface area contributed by atoms with Crippen LogP contribution in [-0.2, 0) is 16.1 Å². The van der Waals surface area contributed by atoms with Crippen molar-refractivity contribution in [2.24, 2.45) is 4.99 Å². The molecule has 8 nitrogen and oxygen atoms in total. The normalized spacial score (nSPS) is 14.4. The number of nitrogens with zero attached hydrogens (tertiary/aromatic N) is 2. The van der Waals surface area contributed by atoms with Crippen molar-refractivity contribution in [1.29, 1.82) is 0 Å². The lowest BCUT2D eigenvalue weighted by Crippen LogP contribution is -2.39. The molecule has 0 fully saturated rings. The molecule has 1 aliphatic heterocycles. The number of aromatic nitrogens is 1. The molecule has 11 heteroatoms. The van der Waals surface area contributed by atoms with Crippen LogP contribution in [0, 0.1) is 6.92 Å². The number of methoxy groups -OCH3 is 1. The van der Waals surface area contributed by atoms with Crippen LogP contribution < -0.4 is 29.1 Å². The number of hydrogen-bond acceptors (Lipinski definition) is 8. The smallest absolute Gasteiger partial charge is 0.337 e. The fourth-order valence-electron chi connectivity index (χ4n) is 4.78. The van der Waals surface area contributed by atoms with Crippen molar-refractivity contribution < 1.29 is 23.7 Å². The molecule has 0 amide bonds. The van der Waals surface area contributed by atoms with Crippen LogP contribution in [0.1, 0.15) is 42.1 Å². The van der Waals surface area contributed by atoms with Gasteiger partial charge in [-0.05, 0) is 99.7 Å². The third kappa shape index (κ3) is 6.69. The van der Waals surface area contributed by atoms with Gasteiger partial charge in [-0.1, -0.05) is 47.2 Å². The number of esters is 1. The molecule has 228 valence electrons. The van der Waals surface area contributed by atoms with Crippen LogP contribution in [0.15, 0.2) is 85.1 Å². The van der Waals surface area contributed by atoms with E-state index in [0.29, 0.717) is 52.0 Å². The molecule has 3 aromatic carbocycles. The Morgan fingerprint density at radius 1 is 0.977 bits per heavy atom. The number of ether oxygens (including phenoxy) is 4. The van der Waals surface area contributed by atoms with E-state index in [1.54, 1.807) is 18.2 Å². The Bertz CT molecular complexity index is 1890. The second-order valence-corrected chi connectivity index (χ2v) is 12.6. The maximum atomic E-state index is 14.0. The summed E-state index contributed by atoms with van der Waals surface area (Å²) in [6, 6.07) is 16.6. The summed E-state index contributed by atoms with van der Waals surface area (Å²) >= 11 is 8.49. The van der Waals surface area contributed by atoms with Crippen LogP contribution in [-0.4, -0.2) is 30.9 Å². The zero-order valence-electron chi connectivity index (χ0n) is 24.6. The zero-order valence-corrected chi connectivity index (χ0v) is 28.5. The first-order chi connectivity index (χ1) is 21.2. The monoisotopic (exact) mass is 740 g/mol. The molecule has 1 aromatic heterocycles. The van der Waals surface area contributed by atoms with Crippen molar-refractivity contribution in [3.05, 3.63) is 117 Å². The second kappa shape index (κ2) is 14.0. The van der Waals surface area contributed by atoms with Gasteiger partial charge in [0.25, 0.3) is 5.56 Å². The Kier molecular flexibility index (Phi) is 10.1. The Balaban J connectivity index is 1.54. The molecule has 5 rings (SSSR count). The van der Waals surface area contributed by atoms with Gasteiger partial charge in [0.15, 0.2) is 16.3 Å². The van der Waals surface area contributed by atoms with Gasteiger partial charge < -0.3 is 18.9 Å². The maximum absolute atomic E-state index is 14.0. The van der Waals surface area contributed by atoms with Crippen molar-refractivity contribution in [2.45, 2.75) is 33.4 Å². The molecule has 0 radical (unpaired) electrons. The molecule has 44 heavy (non-hydrogen) atoms. The fourth-order valence-corrected chi connectivity index (χ4v) is 7.20. The van der Waals surface area contributed by atoms with Crippen LogP contribution in [0.3, 0.4) is 0 Å². The molecule has 0 bridgehead atoms. The van der Waals surface area contributed by atoms with Gasteiger partial charge in [0.1, 0.15) is 12.4 Å². The number of hydrogen-bond donors (Lipinski definition) is 0. The molecule has 0 N–H and O–H groups in total. The van der Waals surface area contributed by atoms with E-state index in [4.69, 9.17) is 18.9 Å². The minimum atomic E-state index is -0.772. The highest BCUT2D eigenvalue weighted by Crippen LogP contribution is 2.37. The Morgan fingerprint density at radius 2 is 1.66 bits per heavy atom. The quantitative estimate of drug-likeness (QED) is 0.179. The standard InChI is InChI=1S/C33H30Br2N2O6S/c1-5-41-26-12-11-22(16-27(26)42-6-2)29-23(32(39)40-4)17-36-33-37(29)31(38)28(44-33)15-21-13-24(34)30(25(35)14-21)43-18-20-9-7-19(3)8-10-20/h7-17,29H,5-6,18H2,1-4H3/b28-15-/t29-/m0/s1. The summed E-state index contributed by atoms with van der Waals surface area (Å²) in [5.74, 6) is 1.19. The van der Waals surface area contributed by atoms with Crippen LogP contribution in [0.2, 0.25) is 0 Å². The maximum Gasteiger partial charge on any atom is 0.337 e. The lowest BCUT2D eigenvalue weighted by atomic mass is 9.97. The molecule has 0 saturated carbocycles. The van der Waals surface area contributed by atoms with Gasteiger partial charge in [0.05, 0.1) is 45.4 Å². The Hall–Kier alpha value is -3.67. The summed E-state index contributed by atoms with van der Waals surface area (Å²) < 4.78 is 26.2. The first-order valence-electron chi connectivity index (χ1n) is 13.9. The van der Waals surface area contributed by atoms with Gasteiger partial charge in [0, 0.05) is 6.20 Å². The third-order valence-electron chi connectivity index (χ3n) is 6.83. The summed E-state index contributed by atoms with van der Waals surface area (Å²) in [5.41, 5.74) is 3.64. The molecule has 1 aliphatic rings. The fraction of sp³-hybridized carbons (Fsp3) is 0.242. The van der Waals surface area contributed by atoms with E-state index >= 15 is 0 Å². The van der Waals surface area contributed by atoms with Crippen LogP contribution in [0.4, 0.5) is 0 Å². The van der Waals surface area contributed by atoms with Crippen LogP contribution >= 0.6 is 43.2 Å². The number of thiazole rings is 1. The molecule has 1 atom stereocenters. The average molecular weight is 742 g/mol. The molecule has 4 aromatic rings. The summed E-state index contributed by atoms with van der Waals surface area (Å²) in [4.78, 5) is 31.7. The van der Waals surface area contributed by atoms with E-state index in [2.05, 4.69) is 36.9 Å². The first kappa shape index (κ1) is 31.7. The number of benzene rings is 3. The summed E-state index contributed by atoms with van der Waals surface area (Å²) in [7, 11) is 1.30. The second-order valence-electron chi connectivity index (χ2n) is 9.84. The number of carbonyl (C=O) groups excluding carboxylic acids is 1. The highest BCUT2D eigenvalue weighted by molar-refractivity contribution is 9.11. The van der Waals surface area contributed by atoms with Crippen molar-refractivity contribution in [3.8, 4) is 17.2 Å². The van der Waals surface area contributed by atoms with Crippen LogP contribution in [0.25, 0.3) is 6.08 Å². The van der Waals surface area contributed by atoms with Crippen molar-refractivity contribution in [2.75, 3.05) is 20.3 Å². The van der Waals surface area contributed by atoms with Gasteiger partial charge in [-0.2, -0.15) is 0 Å².